The highest BCUT2D eigenvalue weighted by molar-refractivity contribution is 5.37. The number of hydrogen-bond acceptors (Lipinski definition) is 2. The maximum Gasteiger partial charge on any atom is 0.122 e. The Bertz CT molecular complexity index is 433. The topological polar surface area (TPSA) is 21.3 Å². The van der Waals surface area contributed by atoms with Crippen LogP contribution in [-0.4, -0.2) is 19.7 Å². The van der Waals surface area contributed by atoms with E-state index in [1.807, 2.05) is 0 Å². The van der Waals surface area contributed by atoms with E-state index in [-0.39, 0.29) is 0 Å². The van der Waals surface area contributed by atoms with Crippen LogP contribution in [0.2, 0.25) is 0 Å². The van der Waals surface area contributed by atoms with E-state index in [0.29, 0.717) is 0 Å². The first kappa shape index (κ1) is 13.9. The van der Waals surface area contributed by atoms with Crippen molar-refractivity contribution >= 4 is 0 Å². The summed E-state index contributed by atoms with van der Waals surface area (Å²) in [7, 11) is 0. The Labute approximate surface area is 122 Å². The molecule has 1 N–H and O–H groups in total. The van der Waals surface area contributed by atoms with Gasteiger partial charge in [-0.3, -0.25) is 0 Å². The van der Waals surface area contributed by atoms with E-state index in [1.54, 1.807) is 0 Å². The molecule has 0 atom stereocenters. The fourth-order valence-corrected chi connectivity index (χ4v) is 3.27. The summed E-state index contributed by atoms with van der Waals surface area (Å²) in [5.41, 5.74) is 2.78. The van der Waals surface area contributed by atoms with Crippen LogP contribution in [0, 0.1) is 18.8 Å². The van der Waals surface area contributed by atoms with Crippen LogP contribution in [0.4, 0.5) is 0 Å². The lowest BCUT2D eigenvalue weighted by atomic mass is 9.86. The average molecular weight is 273 g/mol. The molecule has 3 rings (SSSR count). The van der Waals surface area contributed by atoms with Crippen LogP contribution in [0.15, 0.2) is 18.2 Å². The molecule has 110 valence electrons. The number of aryl methyl sites for hydroxylation is 1. The van der Waals surface area contributed by atoms with Crippen LogP contribution in [-0.2, 0) is 6.42 Å². The van der Waals surface area contributed by atoms with Crippen LogP contribution in [0.25, 0.3) is 0 Å². The maximum atomic E-state index is 6.12. The normalized spacial score (nSPS) is 20.6. The molecule has 1 aliphatic heterocycles. The molecule has 0 bridgehead atoms. The third-order valence-corrected chi connectivity index (χ3v) is 4.88. The maximum absolute atomic E-state index is 6.12. The summed E-state index contributed by atoms with van der Waals surface area (Å²) in [4.78, 5) is 0. The molecular formula is C18H27NO. The zero-order valence-corrected chi connectivity index (χ0v) is 12.7. The number of rotatable bonds is 5. The molecule has 1 saturated heterocycles. The van der Waals surface area contributed by atoms with Gasteiger partial charge in [-0.15, -0.1) is 0 Å². The predicted molar refractivity (Wildman–Crippen MR) is 83.3 cm³/mol. The van der Waals surface area contributed by atoms with Crippen LogP contribution in [0.1, 0.15) is 43.2 Å². The summed E-state index contributed by atoms with van der Waals surface area (Å²) in [6.07, 6.45) is 7.89. The Morgan fingerprint density at radius 2 is 1.90 bits per heavy atom. The molecule has 2 aliphatic rings. The first-order valence-electron chi connectivity index (χ1n) is 8.24. The van der Waals surface area contributed by atoms with Gasteiger partial charge in [0.05, 0.1) is 6.61 Å². The monoisotopic (exact) mass is 273 g/mol. The molecule has 0 aromatic heterocycles. The lowest BCUT2D eigenvalue weighted by molar-refractivity contribution is 0.179. The molecule has 0 unspecified atom stereocenters. The minimum Gasteiger partial charge on any atom is -0.493 e. The van der Waals surface area contributed by atoms with Crippen LogP contribution in [0.5, 0.6) is 5.75 Å². The Morgan fingerprint density at radius 1 is 1.10 bits per heavy atom. The van der Waals surface area contributed by atoms with Crippen molar-refractivity contribution in [1.29, 1.82) is 0 Å². The first-order chi connectivity index (χ1) is 9.81. The van der Waals surface area contributed by atoms with Crippen molar-refractivity contribution in [3.05, 3.63) is 29.3 Å². The molecule has 0 amide bonds. The third-order valence-electron chi connectivity index (χ3n) is 4.88. The summed E-state index contributed by atoms with van der Waals surface area (Å²) in [6, 6.07) is 6.70. The van der Waals surface area contributed by atoms with Gasteiger partial charge in [0.2, 0.25) is 0 Å². The van der Waals surface area contributed by atoms with Gasteiger partial charge in [-0.1, -0.05) is 24.1 Å². The lowest BCUT2D eigenvalue weighted by Crippen LogP contribution is -2.28. The summed E-state index contributed by atoms with van der Waals surface area (Å²) in [5, 5.41) is 3.45. The van der Waals surface area contributed by atoms with E-state index in [2.05, 4.69) is 30.4 Å². The molecule has 0 spiro atoms. The number of piperidine rings is 1. The predicted octanol–water partition coefficient (Wildman–Crippen LogP) is 3.72. The molecule has 1 aromatic carbocycles. The number of nitrogens with one attached hydrogen (secondary N) is 1. The molecule has 2 fully saturated rings. The molecular weight excluding hydrogens is 246 g/mol. The quantitative estimate of drug-likeness (QED) is 0.883. The van der Waals surface area contributed by atoms with Gasteiger partial charge in [-0.2, -0.15) is 0 Å². The molecule has 20 heavy (non-hydrogen) atoms. The number of ether oxygens (including phenoxy) is 1. The summed E-state index contributed by atoms with van der Waals surface area (Å²) >= 11 is 0. The minimum atomic E-state index is 0.808. The van der Waals surface area contributed by atoms with Crippen molar-refractivity contribution in [2.45, 2.75) is 45.4 Å². The van der Waals surface area contributed by atoms with Gasteiger partial charge in [-0.25, -0.2) is 0 Å². The standard InChI is InChI=1S/C18H27NO/c1-14-5-6-18(20-13-16-3-2-4-16)17(11-14)12-15-7-9-19-10-8-15/h5-6,11,15-16,19H,2-4,7-10,12-13H2,1H3. The molecule has 2 nitrogen and oxygen atoms in total. The highest BCUT2D eigenvalue weighted by Gasteiger charge is 2.20. The molecule has 1 aromatic rings. The number of benzene rings is 1. The average Bonchev–Trinajstić information content (AvgIpc) is 2.40. The smallest absolute Gasteiger partial charge is 0.122 e. The fourth-order valence-electron chi connectivity index (χ4n) is 3.27. The Hall–Kier alpha value is -1.02. The van der Waals surface area contributed by atoms with Gasteiger partial charge in [0.25, 0.3) is 0 Å². The zero-order valence-electron chi connectivity index (χ0n) is 12.7. The van der Waals surface area contributed by atoms with Gasteiger partial charge in [0.1, 0.15) is 5.75 Å². The van der Waals surface area contributed by atoms with E-state index in [9.17, 15) is 0 Å². The van der Waals surface area contributed by atoms with E-state index in [4.69, 9.17) is 4.74 Å². The van der Waals surface area contributed by atoms with Crippen LogP contribution < -0.4 is 10.1 Å². The van der Waals surface area contributed by atoms with Crippen molar-refractivity contribution in [3.8, 4) is 5.75 Å². The summed E-state index contributed by atoms with van der Waals surface area (Å²) in [5.74, 6) is 2.77. The van der Waals surface area contributed by atoms with Gasteiger partial charge >= 0.3 is 0 Å². The second kappa shape index (κ2) is 6.62. The Kier molecular flexibility index (Phi) is 4.62. The van der Waals surface area contributed by atoms with Crippen LogP contribution in [0.3, 0.4) is 0 Å². The van der Waals surface area contributed by atoms with E-state index in [0.717, 1.165) is 24.2 Å². The van der Waals surface area contributed by atoms with Gasteiger partial charge in [0.15, 0.2) is 0 Å². The van der Waals surface area contributed by atoms with Gasteiger partial charge < -0.3 is 10.1 Å². The number of hydrogen-bond donors (Lipinski definition) is 1. The zero-order chi connectivity index (χ0) is 13.8. The SMILES string of the molecule is Cc1ccc(OCC2CCC2)c(CC2CCNCC2)c1. The minimum absolute atomic E-state index is 0.808. The van der Waals surface area contributed by atoms with E-state index >= 15 is 0 Å². The molecule has 1 saturated carbocycles. The summed E-state index contributed by atoms with van der Waals surface area (Å²) < 4.78 is 6.12. The van der Waals surface area contributed by atoms with Crippen molar-refractivity contribution in [2.75, 3.05) is 19.7 Å². The second-order valence-corrected chi connectivity index (χ2v) is 6.62. The second-order valence-electron chi connectivity index (χ2n) is 6.62. The third kappa shape index (κ3) is 3.54. The van der Waals surface area contributed by atoms with Crippen LogP contribution >= 0.6 is 0 Å². The van der Waals surface area contributed by atoms with Gasteiger partial charge in [0, 0.05) is 0 Å². The van der Waals surface area contributed by atoms with Crippen molar-refractivity contribution in [3.63, 3.8) is 0 Å². The molecule has 1 heterocycles. The molecule has 0 radical (unpaired) electrons. The Balaban J connectivity index is 1.64. The first-order valence-corrected chi connectivity index (χ1v) is 8.24. The van der Waals surface area contributed by atoms with E-state index in [1.165, 1.54) is 62.7 Å². The Morgan fingerprint density at radius 3 is 2.60 bits per heavy atom. The molecule has 2 heteroatoms. The van der Waals surface area contributed by atoms with E-state index < -0.39 is 0 Å². The van der Waals surface area contributed by atoms with Gasteiger partial charge in [-0.05, 0) is 75.6 Å². The van der Waals surface area contributed by atoms with Crippen molar-refractivity contribution < 1.29 is 4.74 Å². The van der Waals surface area contributed by atoms with Crippen molar-refractivity contribution in [2.24, 2.45) is 11.8 Å². The largest absolute Gasteiger partial charge is 0.493 e. The highest BCUT2D eigenvalue weighted by atomic mass is 16.5. The highest BCUT2D eigenvalue weighted by Crippen LogP contribution is 2.30. The lowest BCUT2D eigenvalue weighted by Gasteiger charge is -2.27. The molecule has 1 aliphatic carbocycles. The van der Waals surface area contributed by atoms with Crippen molar-refractivity contribution in [1.82, 2.24) is 5.32 Å². The fraction of sp³-hybridized carbons (Fsp3) is 0.667. The summed E-state index contributed by atoms with van der Waals surface area (Å²) in [6.45, 7) is 5.45.